The van der Waals surface area contributed by atoms with Crippen LogP contribution in [0.4, 0.5) is 0 Å². The lowest BCUT2D eigenvalue weighted by atomic mass is 9.85. The fourth-order valence-electron chi connectivity index (χ4n) is 1.48. The van der Waals surface area contributed by atoms with Crippen molar-refractivity contribution in [3.8, 4) is 0 Å². The number of hydrogen-bond acceptors (Lipinski definition) is 3. The molecular formula is C11H21N3O. The Bertz CT molecular complexity index is 263. The zero-order chi connectivity index (χ0) is 11.5. The van der Waals surface area contributed by atoms with Gasteiger partial charge < -0.3 is 10.3 Å². The Labute approximate surface area is 91.9 Å². The highest BCUT2D eigenvalue weighted by Crippen LogP contribution is 2.27. The number of nitrogens with one attached hydrogen (secondary N) is 1. The van der Waals surface area contributed by atoms with Crippen LogP contribution in [0.2, 0.25) is 0 Å². The van der Waals surface area contributed by atoms with Gasteiger partial charge in [0.1, 0.15) is 0 Å². The molecule has 1 rings (SSSR count). The average Bonchev–Trinajstić information content (AvgIpc) is 2.20. The van der Waals surface area contributed by atoms with E-state index in [0.717, 1.165) is 13.0 Å². The molecule has 0 saturated carbocycles. The van der Waals surface area contributed by atoms with Gasteiger partial charge in [-0.3, -0.25) is 9.80 Å². The van der Waals surface area contributed by atoms with Crippen molar-refractivity contribution in [1.82, 2.24) is 15.3 Å². The molecule has 1 amide bonds. The van der Waals surface area contributed by atoms with E-state index in [1.165, 1.54) is 0 Å². The molecule has 0 aromatic heterocycles. The molecule has 0 fully saturated rings. The Morgan fingerprint density at radius 1 is 1.53 bits per heavy atom. The highest BCUT2D eigenvalue weighted by atomic mass is 16.2. The zero-order valence-electron chi connectivity index (χ0n) is 10.1. The molecule has 4 nitrogen and oxygen atoms in total. The predicted octanol–water partition coefficient (Wildman–Crippen LogP) is 0.825. The van der Waals surface area contributed by atoms with E-state index in [2.05, 4.69) is 10.3 Å². The van der Waals surface area contributed by atoms with Crippen molar-refractivity contribution in [3.63, 3.8) is 0 Å². The fraction of sp³-hybridized carbons (Fsp3) is 0.727. The summed E-state index contributed by atoms with van der Waals surface area (Å²) in [6.07, 6.45) is 4.64. The minimum absolute atomic E-state index is 0.161. The first-order valence-electron chi connectivity index (χ1n) is 5.40. The number of amides is 1. The van der Waals surface area contributed by atoms with Crippen LogP contribution in [-0.4, -0.2) is 43.0 Å². The van der Waals surface area contributed by atoms with E-state index in [-0.39, 0.29) is 11.3 Å². The highest BCUT2D eigenvalue weighted by molar-refractivity contribution is 5.84. The van der Waals surface area contributed by atoms with E-state index in [4.69, 9.17) is 0 Å². The first-order chi connectivity index (χ1) is 6.99. The summed E-state index contributed by atoms with van der Waals surface area (Å²) in [5.74, 6) is 0.161. The number of rotatable bonds is 4. The van der Waals surface area contributed by atoms with E-state index in [1.54, 1.807) is 5.01 Å². The van der Waals surface area contributed by atoms with E-state index < -0.39 is 0 Å². The predicted molar refractivity (Wildman–Crippen MR) is 60.9 cm³/mol. The van der Waals surface area contributed by atoms with E-state index in [9.17, 15) is 4.79 Å². The maximum Gasteiger partial charge on any atom is 0.250 e. The monoisotopic (exact) mass is 211 g/mol. The van der Waals surface area contributed by atoms with E-state index >= 15 is 0 Å². The van der Waals surface area contributed by atoms with Crippen LogP contribution < -0.4 is 5.43 Å². The number of carbonyl (C=O) groups is 1. The second-order valence-corrected chi connectivity index (χ2v) is 4.49. The second kappa shape index (κ2) is 4.66. The zero-order valence-corrected chi connectivity index (χ0v) is 10.1. The van der Waals surface area contributed by atoms with Crippen molar-refractivity contribution < 1.29 is 4.79 Å². The lowest BCUT2D eigenvalue weighted by Gasteiger charge is -2.35. The number of nitrogens with zero attached hydrogens (tertiary/aromatic N) is 2. The van der Waals surface area contributed by atoms with Crippen molar-refractivity contribution in [1.29, 1.82) is 0 Å². The van der Waals surface area contributed by atoms with Crippen LogP contribution in [0, 0.1) is 5.41 Å². The molecule has 0 spiro atoms. The first kappa shape index (κ1) is 12.0. The van der Waals surface area contributed by atoms with Gasteiger partial charge in [-0.2, -0.15) is 0 Å². The smallest absolute Gasteiger partial charge is 0.250 e. The molecule has 1 unspecified atom stereocenters. The maximum absolute atomic E-state index is 12.1. The molecule has 0 aromatic carbocycles. The van der Waals surface area contributed by atoms with Crippen molar-refractivity contribution in [2.45, 2.75) is 20.3 Å². The standard InChI is InChI=1S/C11H21N3O/c1-5-11(2)6-7-12-14(10(11)15)9-8-13(3)4/h6-7,12H,5,8-9H2,1-4H3. The summed E-state index contributed by atoms with van der Waals surface area (Å²) >= 11 is 0. The number of likely N-dealkylation sites (N-methyl/N-ethyl adjacent to an activating group) is 1. The maximum atomic E-state index is 12.1. The Morgan fingerprint density at radius 3 is 2.73 bits per heavy atom. The normalized spacial score (nSPS) is 25.9. The minimum Gasteiger partial charge on any atom is -0.308 e. The van der Waals surface area contributed by atoms with Crippen molar-refractivity contribution >= 4 is 5.91 Å². The summed E-state index contributed by atoms with van der Waals surface area (Å²) in [5, 5.41) is 1.70. The third-order valence-corrected chi connectivity index (χ3v) is 2.92. The van der Waals surface area contributed by atoms with Crippen LogP contribution in [0.3, 0.4) is 0 Å². The minimum atomic E-state index is -0.336. The van der Waals surface area contributed by atoms with Crippen LogP contribution in [0.5, 0.6) is 0 Å². The number of carbonyl (C=O) groups excluding carboxylic acids is 1. The van der Waals surface area contributed by atoms with Crippen LogP contribution in [0.25, 0.3) is 0 Å². The summed E-state index contributed by atoms with van der Waals surface area (Å²) < 4.78 is 0. The van der Waals surface area contributed by atoms with Crippen molar-refractivity contribution in [2.75, 3.05) is 27.2 Å². The lowest BCUT2D eigenvalue weighted by Crippen LogP contribution is -2.52. The number of hydrazine groups is 1. The summed E-state index contributed by atoms with van der Waals surface area (Å²) in [7, 11) is 4.01. The second-order valence-electron chi connectivity index (χ2n) is 4.49. The third kappa shape index (κ3) is 2.72. The Hall–Kier alpha value is -1.03. The molecule has 0 radical (unpaired) electrons. The van der Waals surface area contributed by atoms with Gasteiger partial charge >= 0.3 is 0 Å². The van der Waals surface area contributed by atoms with Gasteiger partial charge in [0, 0.05) is 12.7 Å². The molecule has 0 aliphatic carbocycles. The average molecular weight is 211 g/mol. The molecule has 1 atom stereocenters. The summed E-state index contributed by atoms with van der Waals surface area (Å²) in [6.45, 7) is 5.60. The molecule has 0 saturated heterocycles. The van der Waals surface area contributed by atoms with E-state index in [0.29, 0.717) is 6.54 Å². The molecule has 1 heterocycles. The summed E-state index contributed by atoms with van der Waals surface area (Å²) in [6, 6.07) is 0. The van der Waals surface area contributed by atoms with Gasteiger partial charge in [0.25, 0.3) is 5.91 Å². The lowest BCUT2D eigenvalue weighted by molar-refractivity contribution is -0.142. The number of hydrogen-bond donors (Lipinski definition) is 1. The van der Waals surface area contributed by atoms with Crippen molar-refractivity contribution in [3.05, 3.63) is 12.3 Å². The molecule has 4 heteroatoms. The summed E-state index contributed by atoms with van der Waals surface area (Å²) in [5.41, 5.74) is 2.65. The highest BCUT2D eigenvalue weighted by Gasteiger charge is 2.34. The van der Waals surface area contributed by atoms with Crippen LogP contribution >= 0.6 is 0 Å². The topological polar surface area (TPSA) is 35.6 Å². The Balaban J connectivity index is 2.62. The van der Waals surface area contributed by atoms with Gasteiger partial charge in [0.05, 0.1) is 12.0 Å². The van der Waals surface area contributed by atoms with Crippen LogP contribution in [0.15, 0.2) is 12.3 Å². The van der Waals surface area contributed by atoms with Crippen LogP contribution in [0.1, 0.15) is 20.3 Å². The molecule has 1 aliphatic heterocycles. The SMILES string of the molecule is CCC1(C)C=CNN(CCN(C)C)C1=O. The van der Waals surface area contributed by atoms with Gasteiger partial charge in [-0.25, -0.2) is 0 Å². The molecule has 86 valence electrons. The van der Waals surface area contributed by atoms with Gasteiger partial charge in [-0.15, -0.1) is 0 Å². The Kier molecular flexibility index (Phi) is 3.74. The largest absolute Gasteiger partial charge is 0.308 e. The van der Waals surface area contributed by atoms with Gasteiger partial charge in [0.15, 0.2) is 0 Å². The first-order valence-corrected chi connectivity index (χ1v) is 5.40. The van der Waals surface area contributed by atoms with Crippen molar-refractivity contribution in [2.24, 2.45) is 5.41 Å². The van der Waals surface area contributed by atoms with Gasteiger partial charge in [-0.1, -0.05) is 13.0 Å². The molecule has 15 heavy (non-hydrogen) atoms. The fourth-order valence-corrected chi connectivity index (χ4v) is 1.48. The van der Waals surface area contributed by atoms with Gasteiger partial charge in [0.2, 0.25) is 0 Å². The van der Waals surface area contributed by atoms with E-state index in [1.807, 2.05) is 40.2 Å². The Morgan fingerprint density at radius 2 is 2.20 bits per heavy atom. The van der Waals surface area contributed by atoms with Gasteiger partial charge in [-0.05, 0) is 27.4 Å². The third-order valence-electron chi connectivity index (χ3n) is 2.92. The molecule has 0 bridgehead atoms. The van der Waals surface area contributed by atoms with Crippen LogP contribution in [-0.2, 0) is 4.79 Å². The molecular weight excluding hydrogens is 190 g/mol. The molecule has 1 N–H and O–H groups in total. The molecule has 0 aromatic rings. The molecule has 1 aliphatic rings. The quantitative estimate of drug-likeness (QED) is 0.748. The summed E-state index contributed by atoms with van der Waals surface area (Å²) in [4.78, 5) is 14.2.